The number of aryl methyl sites for hydroxylation is 2. The summed E-state index contributed by atoms with van der Waals surface area (Å²) in [6, 6.07) is 6.57. The van der Waals surface area contributed by atoms with Gasteiger partial charge in [-0.15, -0.1) is 0 Å². The van der Waals surface area contributed by atoms with Crippen LogP contribution in [-0.4, -0.2) is 25.5 Å². The summed E-state index contributed by atoms with van der Waals surface area (Å²) in [6.45, 7) is 5.17. The molecule has 0 saturated carbocycles. The van der Waals surface area contributed by atoms with Crippen LogP contribution in [0.2, 0.25) is 0 Å². The fraction of sp³-hybridized carbons (Fsp3) is 0.533. The Hall–Kier alpha value is -1.35. The van der Waals surface area contributed by atoms with Gasteiger partial charge in [0.05, 0.1) is 0 Å². The van der Waals surface area contributed by atoms with Gasteiger partial charge in [0.1, 0.15) is 0 Å². The molecule has 0 spiro atoms. The van der Waals surface area contributed by atoms with Crippen LogP contribution in [-0.2, 0) is 4.79 Å². The summed E-state index contributed by atoms with van der Waals surface area (Å²) in [5, 5.41) is 3.37. The molecule has 1 aliphatic heterocycles. The van der Waals surface area contributed by atoms with Gasteiger partial charge in [0.15, 0.2) is 0 Å². The van der Waals surface area contributed by atoms with Crippen molar-refractivity contribution in [3.63, 3.8) is 0 Å². The number of nitrogens with one attached hydrogen (secondary N) is 1. The number of hydrogen-bond acceptors (Lipinski definition) is 2. The van der Waals surface area contributed by atoms with Gasteiger partial charge in [0.25, 0.3) is 0 Å². The van der Waals surface area contributed by atoms with Crippen molar-refractivity contribution in [2.75, 3.05) is 18.5 Å². The van der Waals surface area contributed by atoms with Crippen molar-refractivity contribution in [3.05, 3.63) is 29.3 Å². The first kappa shape index (κ1) is 13.1. The van der Waals surface area contributed by atoms with E-state index in [1.807, 2.05) is 13.1 Å². The molecule has 0 bridgehead atoms. The predicted molar refractivity (Wildman–Crippen MR) is 75.0 cm³/mol. The first-order valence-corrected chi connectivity index (χ1v) is 6.65. The highest BCUT2D eigenvalue weighted by atomic mass is 16.2. The highest BCUT2D eigenvalue weighted by Gasteiger charge is 2.21. The van der Waals surface area contributed by atoms with Crippen LogP contribution in [0.1, 0.15) is 30.4 Å². The summed E-state index contributed by atoms with van der Waals surface area (Å²) >= 11 is 0. The Balaban J connectivity index is 2.05. The number of carbonyl (C=O) groups excluding carboxylic acids is 1. The molecule has 1 amide bonds. The SMILES string of the molecule is Cc1ccc(N(C)C(=O)CC2CCCN2)c(C)c1. The maximum atomic E-state index is 12.2. The maximum absolute atomic E-state index is 12.2. The average Bonchev–Trinajstić information content (AvgIpc) is 2.81. The van der Waals surface area contributed by atoms with Crippen LogP contribution < -0.4 is 10.2 Å². The van der Waals surface area contributed by atoms with Gasteiger partial charge in [-0.2, -0.15) is 0 Å². The summed E-state index contributed by atoms with van der Waals surface area (Å²) in [4.78, 5) is 14.0. The molecule has 1 heterocycles. The molecule has 1 saturated heterocycles. The summed E-state index contributed by atoms with van der Waals surface area (Å²) in [6.07, 6.45) is 2.90. The normalized spacial score (nSPS) is 18.9. The molecular formula is C15H22N2O. The molecular weight excluding hydrogens is 224 g/mol. The topological polar surface area (TPSA) is 32.3 Å². The van der Waals surface area contributed by atoms with E-state index in [9.17, 15) is 4.79 Å². The van der Waals surface area contributed by atoms with Crippen LogP contribution in [0, 0.1) is 13.8 Å². The summed E-state index contributed by atoms with van der Waals surface area (Å²) in [5.41, 5.74) is 3.41. The minimum atomic E-state index is 0.196. The zero-order valence-corrected chi connectivity index (χ0v) is 11.5. The van der Waals surface area contributed by atoms with E-state index in [-0.39, 0.29) is 5.91 Å². The van der Waals surface area contributed by atoms with Crippen molar-refractivity contribution >= 4 is 11.6 Å². The molecule has 1 aliphatic rings. The Bertz CT molecular complexity index is 436. The van der Waals surface area contributed by atoms with Gasteiger partial charge in [-0.25, -0.2) is 0 Å². The highest BCUT2D eigenvalue weighted by Crippen LogP contribution is 2.21. The maximum Gasteiger partial charge on any atom is 0.228 e. The van der Waals surface area contributed by atoms with Gasteiger partial charge >= 0.3 is 0 Å². The lowest BCUT2D eigenvalue weighted by Crippen LogP contribution is -2.33. The zero-order chi connectivity index (χ0) is 13.1. The van der Waals surface area contributed by atoms with E-state index in [4.69, 9.17) is 0 Å². The molecule has 98 valence electrons. The molecule has 1 aromatic rings. The van der Waals surface area contributed by atoms with E-state index in [0.717, 1.165) is 24.2 Å². The lowest BCUT2D eigenvalue weighted by Gasteiger charge is -2.21. The predicted octanol–water partition coefficient (Wildman–Crippen LogP) is 2.41. The molecule has 3 nitrogen and oxygen atoms in total. The van der Waals surface area contributed by atoms with E-state index < -0.39 is 0 Å². The van der Waals surface area contributed by atoms with E-state index >= 15 is 0 Å². The Labute approximate surface area is 109 Å². The zero-order valence-electron chi connectivity index (χ0n) is 11.5. The van der Waals surface area contributed by atoms with Crippen molar-refractivity contribution in [2.24, 2.45) is 0 Å². The van der Waals surface area contributed by atoms with Crippen molar-refractivity contribution < 1.29 is 4.79 Å². The molecule has 0 aromatic heterocycles. The first-order valence-electron chi connectivity index (χ1n) is 6.65. The molecule has 18 heavy (non-hydrogen) atoms. The van der Waals surface area contributed by atoms with Crippen LogP contribution in [0.25, 0.3) is 0 Å². The van der Waals surface area contributed by atoms with Gasteiger partial charge < -0.3 is 10.2 Å². The molecule has 1 atom stereocenters. The lowest BCUT2D eigenvalue weighted by atomic mass is 10.1. The quantitative estimate of drug-likeness (QED) is 0.888. The Morgan fingerprint density at radius 1 is 1.44 bits per heavy atom. The van der Waals surface area contributed by atoms with Crippen LogP contribution in [0.5, 0.6) is 0 Å². The standard InChI is InChI=1S/C15H22N2O/c1-11-6-7-14(12(2)9-11)17(3)15(18)10-13-5-4-8-16-13/h6-7,9,13,16H,4-5,8,10H2,1-3H3. The minimum absolute atomic E-state index is 0.196. The number of nitrogens with zero attached hydrogens (tertiary/aromatic N) is 1. The third kappa shape index (κ3) is 2.91. The Kier molecular flexibility index (Phi) is 4.02. The second kappa shape index (κ2) is 5.53. The van der Waals surface area contributed by atoms with Gasteiger partial charge in [0, 0.05) is 25.2 Å². The van der Waals surface area contributed by atoms with Gasteiger partial charge in [-0.05, 0) is 44.9 Å². The number of carbonyl (C=O) groups is 1. The van der Waals surface area contributed by atoms with Gasteiger partial charge in [0.2, 0.25) is 5.91 Å². The van der Waals surface area contributed by atoms with E-state index in [1.165, 1.54) is 12.0 Å². The van der Waals surface area contributed by atoms with E-state index in [0.29, 0.717) is 12.5 Å². The highest BCUT2D eigenvalue weighted by molar-refractivity contribution is 5.93. The fourth-order valence-corrected chi connectivity index (χ4v) is 2.59. The van der Waals surface area contributed by atoms with Crippen LogP contribution >= 0.6 is 0 Å². The van der Waals surface area contributed by atoms with Crippen LogP contribution in [0.15, 0.2) is 18.2 Å². The van der Waals surface area contributed by atoms with E-state index in [2.05, 4.69) is 31.3 Å². The molecule has 1 N–H and O–H groups in total. The van der Waals surface area contributed by atoms with Crippen molar-refractivity contribution in [2.45, 2.75) is 39.2 Å². The molecule has 0 aliphatic carbocycles. The Morgan fingerprint density at radius 2 is 2.22 bits per heavy atom. The largest absolute Gasteiger partial charge is 0.315 e. The molecule has 3 heteroatoms. The third-order valence-corrected chi connectivity index (χ3v) is 3.67. The van der Waals surface area contributed by atoms with Gasteiger partial charge in [-0.3, -0.25) is 4.79 Å². The molecule has 1 unspecified atom stereocenters. The third-order valence-electron chi connectivity index (χ3n) is 3.67. The monoisotopic (exact) mass is 246 g/mol. The summed E-state index contributed by atoms with van der Waals surface area (Å²) in [7, 11) is 1.87. The Morgan fingerprint density at radius 3 is 2.83 bits per heavy atom. The number of benzene rings is 1. The van der Waals surface area contributed by atoms with Crippen molar-refractivity contribution in [3.8, 4) is 0 Å². The van der Waals surface area contributed by atoms with E-state index in [1.54, 1.807) is 4.90 Å². The fourth-order valence-electron chi connectivity index (χ4n) is 2.59. The van der Waals surface area contributed by atoms with Crippen LogP contribution in [0.4, 0.5) is 5.69 Å². The minimum Gasteiger partial charge on any atom is -0.315 e. The number of rotatable bonds is 3. The number of amides is 1. The molecule has 1 aromatic carbocycles. The van der Waals surface area contributed by atoms with Crippen LogP contribution in [0.3, 0.4) is 0 Å². The van der Waals surface area contributed by atoms with Gasteiger partial charge in [-0.1, -0.05) is 17.7 Å². The second-order valence-electron chi connectivity index (χ2n) is 5.24. The molecule has 0 radical (unpaired) electrons. The molecule has 1 fully saturated rings. The van der Waals surface area contributed by atoms with Crippen molar-refractivity contribution in [1.82, 2.24) is 5.32 Å². The summed E-state index contributed by atoms with van der Waals surface area (Å²) in [5.74, 6) is 0.196. The first-order chi connectivity index (χ1) is 8.58. The second-order valence-corrected chi connectivity index (χ2v) is 5.24. The lowest BCUT2D eigenvalue weighted by molar-refractivity contribution is -0.118. The number of anilines is 1. The van der Waals surface area contributed by atoms with Crippen molar-refractivity contribution in [1.29, 1.82) is 0 Å². The summed E-state index contributed by atoms with van der Waals surface area (Å²) < 4.78 is 0. The number of hydrogen-bond donors (Lipinski definition) is 1. The average molecular weight is 246 g/mol. The molecule has 2 rings (SSSR count). The smallest absolute Gasteiger partial charge is 0.228 e.